The summed E-state index contributed by atoms with van der Waals surface area (Å²) < 4.78 is 0. The fourth-order valence-corrected chi connectivity index (χ4v) is 2.67. The van der Waals surface area contributed by atoms with Crippen LogP contribution in [0.15, 0.2) is 54.9 Å². The lowest BCUT2D eigenvalue weighted by Crippen LogP contribution is -2.12. The van der Waals surface area contributed by atoms with Crippen LogP contribution in [0.25, 0.3) is 0 Å². The molecule has 0 saturated heterocycles. The van der Waals surface area contributed by atoms with Gasteiger partial charge in [-0.2, -0.15) is 0 Å². The molecule has 20 heavy (non-hydrogen) atoms. The summed E-state index contributed by atoms with van der Waals surface area (Å²) >= 11 is 0. The van der Waals surface area contributed by atoms with Crippen molar-refractivity contribution in [1.82, 2.24) is 4.98 Å². The van der Waals surface area contributed by atoms with Crippen molar-refractivity contribution in [2.24, 2.45) is 11.7 Å². The van der Waals surface area contributed by atoms with E-state index in [4.69, 9.17) is 5.73 Å². The molecule has 2 rings (SSSR count). The summed E-state index contributed by atoms with van der Waals surface area (Å²) in [4.78, 5) is 4.17. The Morgan fingerprint density at radius 3 is 2.45 bits per heavy atom. The third-order valence-corrected chi connectivity index (χ3v) is 3.74. The zero-order valence-electron chi connectivity index (χ0n) is 12.0. The minimum atomic E-state index is 0.694. The average Bonchev–Trinajstić information content (AvgIpc) is 2.49. The third-order valence-electron chi connectivity index (χ3n) is 3.74. The standard InChI is InChI=1S/C18H24N2/c19-12-11-17(14-16-6-2-1-3-7-16)8-4-9-18-10-5-13-20-15-18/h1-3,5-7,10,13,15,17H,4,8-9,11-12,14,19H2. The van der Waals surface area contributed by atoms with Crippen molar-refractivity contribution in [3.8, 4) is 0 Å². The number of hydrogen-bond donors (Lipinski definition) is 1. The van der Waals surface area contributed by atoms with Gasteiger partial charge < -0.3 is 5.73 Å². The van der Waals surface area contributed by atoms with Crippen molar-refractivity contribution in [2.45, 2.75) is 32.1 Å². The lowest BCUT2D eigenvalue weighted by molar-refractivity contribution is 0.440. The predicted molar refractivity (Wildman–Crippen MR) is 84.5 cm³/mol. The highest BCUT2D eigenvalue weighted by Gasteiger charge is 2.09. The number of aromatic nitrogens is 1. The molecule has 106 valence electrons. The third kappa shape index (κ3) is 5.14. The number of rotatable bonds is 8. The highest BCUT2D eigenvalue weighted by atomic mass is 14.6. The van der Waals surface area contributed by atoms with Gasteiger partial charge in [0.1, 0.15) is 0 Å². The Morgan fingerprint density at radius 1 is 0.950 bits per heavy atom. The van der Waals surface area contributed by atoms with Crippen molar-refractivity contribution < 1.29 is 0 Å². The van der Waals surface area contributed by atoms with Crippen LogP contribution in [-0.2, 0) is 12.8 Å². The van der Waals surface area contributed by atoms with Crippen LogP contribution in [0.2, 0.25) is 0 Å². The van der Waals surface area contributed by atoms with E-state index in [2.05, 4.69) is 41.4 Å². The molecular formula is C18H24N2. The van der Waals surface area contributed by atoms with Gasteiger partial charge >= 0.3 is 0 Å². The molecule has 0 saturated carbocycles. The second-order valence-corrected chi connectivity index (χ2v) is 5.39. The second-order valence-electron chi connectivity index (χ2n) is 5.39. The summed E-state index contributed by atoms with van der Waals surface area (Å²) in [5, 5.41) is 0. The SMILES string of the molecule is NCCC(CCCc1cccnc1)Cc1ccccc1. The van der Waals surface area contributed by atoms with Crippen LogP contribution in [0.1, 0.15) is 30.4 Å². The second kappa shape index (κ2) is 8.49. The molecule has 0 aliphatic rings. The van der Waals surface area contributed by atoms with Gasteiger partial charge in [-0.05, 0) is 61.8 Å². The fraction of sp³-hybridized carbons (Fsp3) is 0.389. The van der Waals surface area contributed by atoms with Crippen molar-refractivity contribution in [3.63, 3.8) is 0 Å². The summed E-state index contributed by atoms with van der Waals surface area (Å²) in [5.74, 6) is 0.694. The fourth-order valence-electron chi connectivity index (χ4n) is 2.67. The summed E-state index contributed by atoms with van der Waals surface area (Å²) in [5.41, 5.74) is 8.51. The molecule has 0 fully saturated rings. The largest absolute Gasteiger partial charge is 0.330 e. The average molecular weight is 268 g/mol. The topological polar surface area (TPSA) is 38.9 Å². The van der Waals surface area contributed by atoms with E-state index >= 15 is 0 Å². The maximum Gasteiger partial charge on any atom is 0.0299 e. The first kappa shape index (κ1) is 14.7. The van der Waals surface area contributed by atoms with E-state index in [0.717, 1.165) is 25.8 Å². The number of pyridine rings is 1. The van der Waals surface area contributed by atoms with Crippen LogP contribution >= 0.6 is 0 Å². The Kier molecular flexibility index (Phi) is 6.25. The van der Waals surface area contributed by atoms with E-state index in [0.29, 0.717) is 5.92 Å². The number of aryl methyl sites for hydroxylation is 1. The first-order valence-corrected chi connectivity index (χ1v) is 7.51. The Morgan fingerprint density at radius 2 is 1.75 bits per heavy atom. The van der Waals surface area contributed by atoms with E-state index in [1.807, 2.05) is 18.5 Å². The van der Waals surface area contributed by atoms with E-state index in [1.54, 1.807) is 0 Å². The summed E-state index contributed by atoms with van der Waals surface area (Å²) in [6, 6.07) is 14.9. The molecule has 0 spiro atoms. The Bertz CT molecular complexity index is 467. The molecule has 0 aliphatic heterocycles. The molecule has 2 heteroatoms. The molecule has 2 aromatic rings. The highest BCUT2D eigenvalue weighted by molar-refractivity contribution is 5.15. The van der Waals surface area contributed by atoms with Crippen molar-refractivity contribution in [1.29, 1.82) is 0 Å². The van der Waals surface area contributed by atoms with E-state index in [-0.39, 0.29) is 0 Å². The monoisotopic (exact) mass is 268 g/mol. The lowest BCUT2D eigenvalue weighted by atomic mass is 9.91. The van der Waals surface area contributed by atoms with Gasteiger partial charge in [0.25, 0.3) is 0 Å². The number of nitrogens with zero attached hydrogens (tertiary/aromatic N) is 1. The molecule has 2 nitrogen and oxygen atoms in total. The van der Waals surface area contributed by atoms with Crippen LogP contribution in [0, 0.1) is 5.92 Å². The normalized spacial score (nSPS) is 12.2. The molecule has 1 aromatic heterocycles. The van der Waals surface area contributed by atoms with Crippen molar-refractivity contribution in [2.75, 3.05) is 6.54 Å². The number of hydrogen-bond acceptors (Lipinski definition) is 2. The molecular weight excluding hydrogens is 244 g/mol. The summed E-state index contributed by atoms with van der Waals surface area (Å²) in [7, 11) is 0. The van der Waals surface area contributed by atoms with Crippen LogP contribution in [0.4, 0.5) is 0 Å². The minimum Gasteiger partial charge on any atom is -0.330 e. The molecule has 1 unspecified atom stereocenters. The van der Waals surface area contributed by atoms with Gasteiger partial charge in [0, 0.05) is 12.4 Å². The molecule has 2 N–H and O–H groups in total. The smallest absolute Gasteiger partial charge is 0.0299 e. The first-order chi connectivity index (χ1) is 9.88. The van der Waals surface area contributed by atoms with Crippen LogP contribution in [0.5, 0.6) is 0 Å². The van der Waals surface area contributed by atoms with E-state index in [9.17, 15) is 0 Å². The van der Waals surface area contributed by atoms with Gasteiger partial charge in [-0.25, -0.2) is 0 Å². The van der Waals surface area contributed by atoms with Gasteiger partial charge in [-0.3, -0.25) is 4.98 Å². The molecule has 0 bridgehead atoms. The molecule has 1 atom stereocenters. The Balaban J connectivity index is 1.80. The Hall–Kier alpha value is -1.67. The van der Waals surface area contributed by atoms with Gasteiger partial charge in [-0.1, -0.05) is 36.4 Å². The maximum absolute atomic E-state index is 5.76. The summed E-state index contributed by atoms with van der Waals surface area (Å²) in [6.07, 6.45) is 9.62. The lowest BCUT2D eigenvalue weighted by Gasteiger charge is -2.16. The van der Waals surface area contributed by atoms with Gasteiger partial charge in [0.05, 0.1) is 0 Å². The van der Waals surface area contributed by atoms with Gasteiger partial charge in [0.15, 0.2) is 0 Å². The summed E-state index contributed by atoms with van der Waals surface area (Å²) in [6.45, 7) is 0.782. The molecule has 0 aliphatic carbocycles. The molecule has 0 radical (unpaired) electrons. The quantitative estimate of drug-likeness (QED) is 0.794. The number of benzene rings is 1. The van der Waals surface area contributed by atoms with Crippen molar-refractivity contribution in [3.05, 3.63) is 66.0 Å². The first-order valence-electron chi connectivity index (χ1n) is 7.51. The zero-order valence-corrected chi connectivity index (χ0v) is 12.0. The molecule has 1 heterocycles. The predicted octanol–water partition coefficient (Wildman–Crippen LogP) is 3.61. The van der Waals surface area contributed by atoms with Gasteiger partial charge in [-0.15, -0.1) is 0 Å². The Labute approximate surface area is 122 Å². The molecule has 1 aromatic carbocycles. The van der Waals surface area contributed by atoms with Crippen molar-refractivity contribution >= 4 is 0 Å². The minimum absolute atomic E-state index is 0.694. The number of nitrogens with two attached hydrogens (primary N) is 1. The van der Waals surface area contributed by atoms with E-state index < -0.39 is 0 Å². The maximum atomic E-state index is 5.76. The van der Waals surface area contributed by atoms with Gasteiger partial charge in [0.2, 0.25) is 0 Å². The zero-order chi connectivity index (χ0) is 14.0. The van der Waals surface area contributed by atoms with Crippen LogP contribution < -0.4 is 5.73 Å². The molecule has 0 amide bonds. The highest BCUT2D eigenvalue weighted by Crippen LogP contribution is 2.18. The van der Waals surface area contributed by atoms with Crippen LogP contribution in [0.3, 0.4) is 0 Å². The van der Waals surface area contributed by atoms with E-state index in [1.165, 1.54) is 24.0 Å². The van der Waals surface area contributed by atoms with Crippen LogP contribution in [-0.4, -0.2) is 11.5 Å².